The second-order valence-corrected chi connectivity index (χ2v) is 9.50. The van der Waals surface area contributed by atoms with Crippen molar-refractivity contribution in [3.05, 3.63) is 41.5 Å². The first-order valence-electron chi connectivity index (χ1n) is 9.29. The molecule has 0 amide bonds. The van der Waals surface area contributed by atoms with E-state index in [2.05, 4.69) is 17.9 Å². The van der Waals surface area contributed by atoms with Crippen molar-refractivity contribution in [3.8, 4) is 0 Å². The molecule has 2 fully saturated rings. The second-order valence-electron chi connectivity index (χ2n) is 7.63. The highest BCUT2D eigenvalue weighted by Gasteiger charge is 2.36. The standard InChI is InChI=1S/C19H26N2O4S/c1-14-11-17(14)18-7-5-15(24-18)12-20(2)13-16-6-8-19(25-16)26(22,23)21-9-3-4-10-21/h5-8,14,17H,3-4,9-13H2,1-2H3/t14-,17+/m1/s1. The molecular formula is C19H26N2O4S. The number of nitrogens with zero attached hydrogens (tertiary/aromatic N) is 2. The van der Waals surface area contributed by atoms with Crippen LogP contribution in [0.4, 0.5) is 0 Å². The largest absolute Gasteiger partial charge is 0.464 e. The summed E-state index contributed by atoms with van der Waals surface area (Å²) in [5.74, 6) is 3.96. The molecule has 0 radical (unpaired) electrons. The van der Waals surface area contributed by atoms with Gasteiger partial charge < -0.3 is 8.83 Å². The fourth-order valence-corrected chi connectivity index (χ4v) is 5.07. The molecule has 7 heteroatoms. The highest BCUT2D eigenvalue weighted by atomic mass is 32.2. The average Bonchev–Trinajstić information content (AvgIpc) is 3.08. The van der Waals surface area contributed by atoms with Crippen molar-refractivity contribution in [2.45, 2.75) is 50.3 Å². The Morgan fingerprint density at radius 3 is 2.35 bits per heavy atom. The SMILES string of the molecule is C[C@@H]1C[C@@H]1c1ccc(CN(C)Cc2ccc(S(=O)(=O)N3CCCC3)o2)o1. The first-order valence-corrected chi connectivity index (χ1v) is 10.7. The molecule has 2 aromatic rings. The van der Waals surface area contributed by atoms with Gasteiger partial charge in [0.05, 0.1) is 13.1 Å². The predicted molar refractivity (Wildman–Crippen MR) is 97.1 cm³/mol. The van der Waals surface area contributed by atoms with E-state index in [0.717, 1.165) is 30.3 Å². The van der Waals surface area contributed by atoms with Crippen molar-refractivity contribution >= 4 is 10.0 Å². The van der Waals surface area contributed by atoms with Crippen molar-refractivity contribution in [2.75, 3.05) is 20.1 Å². The van der Waals surface area contributed by atoms with Crippen LogP contribution in [-0.2, 0) is 23.1 Å². The van der Waals surface area contributed by atoms with Crippen molar-refractivity contribution in [2.24, 2.45) is 5.92 Å². The lowest BCUT2D eigenvalue weighted by atomic mass is 10.3. The van der Waals surface area contributed by atoms with Gasteiger partial charge in [-0.3, -0.25) is 4.90 Å². The Morgan fingerprint density at radius 1 is 1.08 bits per heavy atom. The summed E-state index contributed by atoms with van der Waals surface area (Å²) in [5.41, 5.74) is 0. The zero-order valence-electron chi connectivity index (χ0n) is 15.3. The summed E-state index contributed by atoms with van der Waals surface area (Å²) in [4.78, 5) is 2.06. The Kier molecular flexibility index (Phi) is 4.71. The zero-order valence-corrected chi connectivity index (χ0v) is 16.2. The van der Waals surface area contributed by atoms with Crippen LogP contribution in [0, 0.1) is 5.92 Å². The van der Waals surface area contributed by atoms with E-state index >= 15 is 0 Å². The van der Waals surface area contributed by atoms with Gasteiger partial charge in [-0.15, -0.1) is 0 Å². The fourth-order valence-electron chi connectivity index (χ4n) is 3.62. The lowest BCUT2D eigenvalue weighted by Crippen LogP contribution is -2.27. The number of sulfonamides is 1. The minimum absolute atomic E-state index is 0.0470. The summed E-state index contributed by atoms with van der Waals surface area (Å²) in [5, 5.41) is 0.0470. The van der Waals surface area contributed by atoms with Crippen LogP contribution in [0.25, 0.3) is 0 Å². The molecule has 2 aromatic heterocycles. The number of hydrogen-bond acceptors (Lipinski definition) is 5. The Balaban J connectivity index is 1.37. The minimum atomic E-state index is -3.49. The van der Waals surface area contributed by atoms with Gasteiger partial charge in [-0.05, 0) is 56.5 Å². The molecule has 1 saturated heterocycles. The normalized spacial score (nSPS) is 23.8. The lowest BCUT2D eigenvalue weighted by Gasteiger charge is -2.14. The summed E-state index contributed by atoms with van der Waals surface area (Å²) < 4.78 is 38.1. The molecular weight excluding hydrogens is 352 g/mol. The van der Waals surface area contributed by atoms with Crippen LogP contribution in [0.2, 0.25) is 0 Å². The third-order valence-electron chi connectivity index (χ3n) is 5.31. The van der Waals surface area contributed by atoms with E-state index in [1.807, 2.05) is 13.1 Å². The van der Waals surface area contributed by atoms with E-state index in [-0.39, 0.29) is 5.09 Å². The van der Waals surface area contributed by atoms with Gasteiger partial charge in [-0.1, -0.05) is 6.92 Å². The molecule has 142 valence electrons. The molecule has 26 heavy (non-hydrogen) atoms. The molecule has 0 bridgehead atoms. The molecule has 0 aromatic carbocycles. The quantitative estimate of drug-likeness (QED) is 0.739. The smallest absolute Gasteiger partial charge is 0.276 e. The molecule has 2 atom stereocenters. The third kappa shape index (κ3) is 3.61. The van der Waals surface area contributed by atoms with E-state index in [9.17, 15) is 8.42 Å². The van der Waals surface area contributed by atoms with Gasteiger partial charge in [0.15, 0.2) is 0 Å². The van der Waals surface area contributed by atoms with E-state index in [4.69, 9.17) is 8.83 Å². The van der Waals surface area contributed by atoms with E-state index < -0.39 is 10.0 Å². The lowest BCUT2D eigenvalue weighted by molar-refractivity contribution is 0.252. The van der Waals surface area contributed by atoms with Gasteiger partial charge in [0, 0.05) is 19.0 Å². The van der Waals surface area contributed by atoms with Crippen LogP contribution in [0.5, 0.6) is 0 Å². The van der Waals surface area contributed by atoms with Gasteiger partial charge in [0.1, 0.15) is 17.3 Å². The number of furan rings is 2. The van der Waals surface area contributed by atoms with Crippen LogP contribution in [0.3, 0.4) is 0 Å². The molecule has 1 aliphatic heterocycles. The van der Waals surface area contributed by atoms with Crippen molar-refractivity contribution in [3.63, 3.8) is 0 Å². The molecule has 0 N–H and O–H groups in total. The number of hydrogen-bond donors (Lipinski definition) is 0. The van der Waals surface area contributed by atoms with Crippen LogP contribution >= 0.6 is 0 Å². The molecule has 1 aliphatic carbocycles. The monoisotopic (exact) mass is 378 g/mol. The van der Waals surface area contributed by atoms with Gasteiger partial charge in [-0.2, -0.15) is 4.31 Å². The van der Waals surface area contributed by atoms with Gasteiger partial charge >= 0.3 is 0 Å². The van der Waals surface area contributed by atoms with Crippen LogP contribution in [-0.4, -0.2) is 37.8 Å². The average molecular weight is 378 g/mol. The van der Waals surface area contributed by atoms with Crippen molar-refractivity contribution < 1.29 is 17.3 Å². The maximum atomic E-state index is 12.5. The molecule has 4 rings (SSSR count). The van der Waals surface area contributed by atoms with Crippen molar-refractivity contribution in [1.29, 1.82) is 0 Å². The highest BCUT2D eigenvalue weighted by molar-refractivity contribution is 7.89. The van der Waals surface area contributed by atoms with Gasteiger partial charge in [0.25, 0.3) is 10.0 Å². The summed E-state index contributed by atoms with van der Waals surface area (Å²) in [6, 6.07) is 7.42. The summed E-state index contributed by atoms with van der Waals surface area (Å²) in [6.45, 7) is 4.60. The van der Waals surface area contributed by atoms with Crippen LogP contribution in [0.1, 0.15) is 49.4 Å². The Bertz CT molecular complexity index is 864. The maximum Gasteiger partial charge on any atom is 0.276 e. The van der Waals surface area contributed by atoms with E-state index in [1.54, 1.807) is 12.1 Å². The van der Waals surface area contributed by atoms with Crippen LogP contribution in [0.15, 0.2) is 38.2 Å². The fraction of sp³-hybridized carbons (Fsp3) is 0.579. The Morgan fingerprint density at radius 2 is 1.69 bits per heavy atom. The van der Waals surface area contributed by atoms with E-state index in [1.165, 1.54) is 10.7 Å². The first-order chi connectivity index (χ1) is 12.4. The van der Waals surface area contributed by atoms with Gasteiger partial charge in [-0.25, -0.2) is 8.42 Å². The summed E-state index contributed by atoms with van der Waals surface area (Å²) in [7, 11) is -1.52. The number of rotatable bonds is 7. The molecule has 6 nitrogen and oxygen atoms in total. The third-order valence-corrected chi connectivity index (χ3v) is 7.08. The highest BCUT2D eigenvalue weighted by Crippen LogP contribution is 2.47. The topological polar surface area (TPSA) is 66.9 Å². The minimum Gasteiger partial charge on any atom is -0.464 e. The summed E-state index contributed by atoms with van der Waals surface area (Å²) in [6.07, 6.45) is 3.05. The second kappa shape index (κ2) is 6.87. The Labute approximate surface area is 154 Å². The predicted octanol–water partition coefficient (Wildman–Crippen LogP) is 3.41. The van der Waals surface area contributed by atoms with E-state index in [0.29, 0.717) is 37.9 Å². The Hall–Kier alpha value is -1.57. The van der Waals surface area contributed by atoms with Crippen molar-refractivity contribution in [1.82, 2.24) is 9.21 Å². The maximum absolute atomic E-state index is 12.5. The van der Waals surface area contributed by atoms with Gasteiger partial charge in [0.2, 0.25) is 5.09 Å². The first kappa shape index (κ1) is 17.8. The molecule has 0 spiro atoms. The van der Waals surface area contributed by atoms with Crippen LogP contribution < -0.4 is 0 Å². The molecule has 1 saturated carbocycles. The summed E-state index contributed by atoms with van der Waals surface area (Å²) >= 11 is 0. The molecule has 3 heterocycles. The molecule has 2 aliphatic rings. The zero-order chi connectivity index (χ0) is 18.3. The molecule has 0 unspecified atom stereocenters.